The van der Waals surface area contributed by atoms with Gasteiger partial charge in [0.25, 0.3) is 0 Å². The summed E-state index contributed by atoms with van der Waals surface area (Å²) >= 11 is 3.94. The van der Waals surface area contributed by atoms with Gasteiger partial charge < -0.3 is 4.74 Å². The van der Waals surface area contributed by atoms with Gasteiger partial charge >= 0.3 is 0 Å². The van der Waals surface area contributed by atoms with Gasteiger partial charge in [-0.05, 0) is 32.1 Å². The molecule has 1 spiro atoms. The topological polar surface area (TPSA) is 9.23 Å². The molecule has 1 nitrogen and oxygen atoms in total. The standard InChI is InChI=1S/C16H27BrO/c17-14-12-15(18-13-8-4-3-5-9-13)16(14)10-6-1-2-7-11-16/h13-15H,1-12H2. The first-order valence-corrected chi connectivity index (χ1v) is 9.02. The molecule has 3 rings (SSSR count). The summed E-state index contributed by atoms with van der Waals surface area (Å²) in [7, 11) is 0. The van der Waals surface area contributed by atoms with Gasteiger partial charge in [-0.25, -0.2) is 0 Å². The normalized spacial score (nSPS) is 37.2. The zero-order valence-electron chi connectivity index (χ0n) is 11.5. The number of halogens is 1. The van der Waals surface area contributed by atoms with Crippen LogP contribution in [0.1, 0.15) is 77.0 Å². The van der Waals surface area contributed by atoms with Crippen molar-refractivity contribution in [2.75, 3.05) is 0 Å². The van der Waals surface area contributed by atoms with Crippen LogP contribution in [0.2, 0.25) is 0 Å². The fraction of sp³-hybridized carbons (Fsp3) is 1.00. The molecule has 18 heavy (non-hydrogen) atoms. The predicted molar refractivity (Wildman–Crippen MR) is 79.2 cm³/mol. The highest BCUT2D eigenvalue weighted by Gasteiger charge is 2.54. The van der Waals surface area contributed by atoms with Crippen molar-refractivity contribution in [2.24, 2.45) is 5.41 Å². The molecule has 0 bridgehead atoms. The van der Waals surface area contributed by atoms with Crippen molar-refractivity contribution in [3.63, 3.8) is 0 Å². The van der Waals surface area contributed by atoms with Gasteiger partial charge in [-0.3, -0.25) is 0 Å². The van der Waals surface area contributed by atoms with Crippen LogP contribution in [0.3, 0.4) is 0 Å². The minimum absolute atomic E-state index is 0.508. The van der Waals surface area contributed by atoms with E-state index in [0.29, 0.717) is 17.6 Å². The summed E-state index contributed by atoms with van der Waals surface area (Å²) in [5, 5.41) is 0. The van der Waals surface area contributed by atoms with Crippen molar-refractivity contribution in [2.45, 2.75) is 94.1 Å². The van der Waals surface area contributed by atoms with E-state index in [2.05, 4.69) is 15.9 Å². The zero-order valence-corrected chi connectivity index (χ0v) is 13.1. The monoisotopic (exact) mass is 314 g/mol. The lowest BCUT2D eigenvalue weighted by atomic mass is 9.61. The van der Waals surface area contributed by atoms with Crippen LogP contribution in [0.15, 0.2) is 0 Å². The third kappa shape index (κ3) is 2.52. The van der Waals surface area contributed by atoms with E-state index in [0.717, 1.165) is 4.83 Å². The molecule has 0 aromatic heterocycles. The van der Waals surface area contributed by atoms with E-state index in [1.807, 2.05) is 0 Å². The molecule has 0 radical (unpaired) electrons. The van der Waals surface area contributed by atoms with Gasteiger partial charge in [-0.1, -0.05) is 60.9 Å². The average molecular weight is 315 g/mol. The lowest BCUT2D eigenvalue weighted by molar-refractivity contribution is -0.149. The van der Waals surface area contributed by atoms with Crippen molar-refractivity contribution in [3.8, 4) is 0 Å². The summed E-state index contributed by atoms with van der Waals surface area (Å²) in [6.45, 7) is 0. The summed E-state index contributed by atoms with van der Waals surface area (Å²) in [4.78, 5) is 0.733. The van der Waals surface area contributed by atoms with Gasteiger partial charge in [-0.2, -0.15) is 0 Å². The fourth-order valence-electron chi connectivity index (χ4n) is 4.35. The summed E-state index contributed by atoms with van der Waals surface area (Å²) in [6.07, 6.45) is 17.8. The molecule has 3 fully saturated rings. The molecular weight excluding hydrogens is 288 g/mol. The first kappa shape index (κ1) is 13.4. The Bertz CT molecular complexity index is 264. The maximum atomic E-state index is 6.52. The van der Waals surface area contributed by atoms with E-state index in [4.69, 9.17) is 4.74 Å². The Kier molecular flexibility index (Phi) is 4.35. The van der Waals surface area contributed by atoms with Crippen molar-refractivity contribution in [1.29, 1.82) is 0 Å². The Labute approximate surface area is 120 Å². The number of hydrogen-bond donors (Lipinski definition) is 0. The van der Waals surface area contributed by atoms with Gasteiger partial charge in [0, 0.05) is 10.2 Å². The quantitative estimate of drug-likeness (QED) is 0.635. The first-order chi connectivity index (χ1) is 8.81. The number of alkyl halides is 1. The lowest BCUT2D eigenvalue weighted by Crippen LogP contribution is -2.56. The smallest absolute Gasteiger partial charge is 0.0656 e. The molecule has 0 heterocycles. The third-order valence-corrected chi connectivity index (χ3v) is 6.92. The highest BCUT2D eigenvalue weighted by Crippen LogP contribution is 2.56. The molecule has 0 N–H and O–H groups in total. The summed E-state index contributed by atoms with van der Waals surface area (Å²) < 4.78 is 6.52. The van der Waals surface area contributed by atoms with E-state index < -0.39 is 0 Å². The third-order valence-electron chi connectivity index (χ3n) is 5.63. The van der Waals surface area contributed by atoms with Gasteiger partial charge in [-0.15, -0.1) is 0 Å². The van der Waals surface area contributed by atoms with Gasteiger partial charge in [0.05, 0.1) is 12.2 Å². The van der Waals surface area contributed by atoms with Crippen molar-refractivity contribution in [3.05, 3.63) is 0 Å². The summed E-state index contributed by atoms with van der Waals surface area (Å²) in [5.41, 5.74) is 0.508. The molecular formula is C16H27BrO. The molecule has 0 aliphatic heterocycles. The second-order valence-corrected chi connectivity index (χ2v) is 7.84. The van der Waals surface area contributed by atoms with Crippen LogP contribution in [0.4, 0.5) is 0 Å². The Morgan fingerprint density at radius 2 is 1.44 bits per heavy atom. The number of rotatable bonds is 2. The molecule has 2 heteroatoms. The Morgan fingerprint density at radius 3 is 2.06 bits per heavy atom. The van der Waals surface area contributed by atoms with Crippen LogP contribution in [0.5, 0.6) is 0 Å². The molecule has 104 valence electrons. The van der Waals surface area contributed by atoms with Crippen LogP contribution < -0.4 is 0 Å². The van der Waals surface area contributed by atoms with E-state index in [1.165, 1.54) is 77.0 Å². The summed E-state index contributed by atoms with van der Waals surface area (Å²) in [6, 6.07) is 0. The largest absolute Gasteiger partial charge is 0.374 e. The molecule has 2 unspecified atom stereocenters. The Hall–Kier alpha value is 0.440. The SMILES string of the molecule is BrC1CC(OC2CCCCC2)C12CCCCCC2. The highest BCUT2D eigenvalue weighted by atomic mass is 79.9. The van der Waals surface area contributed by atoms with Gasteiger partial charge in [0.2, 0.25) is 0 Å². The minimum Gasteiger partial charge on any atom is -0.374 e. The molecule has 0 saturated heterocycles. The average Bonchev–Trinajstić information content (AvgIpc) is 2.67. The lowest BCUT2D eigenvalue weighted by Gasteiger charge is -2.54. The minimum atomic E-state index is 0.508. The van der Waals surface area contributed by atoms with Crippen LogP contribution in [-0.4, -0.2) is 17.0 Å². The van der Waals surface area contributed by atoms with E-state index in [-0.39, 0.29) is 0 Å². The zero-order chi connectivity index (χ0) is 12.4. The van der Waals surface area contributed by atoms with Crippen molar-refractivity contribution < 1.29 is 4.74 Å². The van der Waals surface area contributed by atoms with E-state index in [1.54, 1.807) is 0 Å². The van der Waals surface area contributed by atoms with Crippen LogP contribution in [-0.2, 0) is 4.74 Å². The molecule has 2 atom stereocenters. The van der Waals surface area contributed by atoms with E-state index >= 15 is 0 Å². The van der Waals surface area contributed by atoms with Crippen molar-refractivity contribution >= 4 is 15.9 Å². The number of hydrogen-bond acceptors (Lipinski definition) is 1. The number of ether oxygens (including phenoxy) is 1. The van der Waals surface area contributed by atoms with Crippen molar-refractivity contribution in [1.82, 2.24) is 0 Å². The molecule has 3 aliphatic carbocycles. The Morgan fingerprint density at radius 1 is 0.833 bits per heavy atom. The second kappa shape index (κ2) is 5.83. The fourth-order valence-corrected chi connectivity index (χ4v) is 5.44. The molecule has 0 aromatic rings. The maximum absolute atomic E-state index is 6.52. The maximum Gasteiger partial charge on any atom is 0.0656 e. The molecule has 0 aromatic carbocycles. The van der Waals surface area contributed by atoms with E-state index in [9.17, 15) is 0 Å². The van der Waals surface area contributed by atoms with Gasteiger partial charge in [0.1, 0.15) is 0 Å². The Balaban J connectivity index is 1.61. The van der Waals surface area contributed by atoms with Crippen LogP contribution in [0, 0.1) is 5.41 Å². The highest BCUT2D eigenvalue weighted by molar-refractivity contribution is 9.09. The first-order valence-electron chi connectivity index (χ1n) is 8.11. The molecule has 0 amide bonds. The summed E-state index contributed by atoms with van der Waals surface area (Å²) in [5.74, 6) is 0. The van der Waals surface area contributed by atoms with Gasteiger partial charge in [0.15, 0.2) is 0 Å². The van der Waals surface area contributed by atoms with Crippen LogP contribution >= 0.6 is 15.9 Å². The predicted octanol–water partition coefficient (Wildman–Crippen LogP) is 5.21. The molecule has 3 aliphatic rings. The van der Waals surface area contributed by atoms with Crippen LogP contribution in [0.25, 0.3) is 0 Å². The molecule has 3 saturated carbocycles. The second-order valence-electron chi connectivity index (χ2n) is 6.74.